The Morgan fingerprint density at radius 1 is 0.421 bits per heavy atom. The standard InChI is InChI=1S/C26H24P2.C9H20N2S2.2F6P.Ni.Pd/c1-5-13-23(14-6-1)27(24-15-7-2-8-16-24)21-22-28(25-17-9-3-10-18-25)26-19-11-4-12-20-26;12-8-6-10-2-1-3-11(5-4-10)7-9-13;2*1-7(2,3,4,5)6;;/h1-20H,21-22H2;12-13H,1-9H2;;;;/q;;2*-1;2*+2. The molecule has 4 aromatic rings. The quantitative estimate of drug-likeness (QED) is 0.0639. The number of benzene rings is 4. The summed E-state index contributed by atoms with van der Waals surface area (Å²) in [7, 11) is -22.9. The summed E-state index contributed by atoms with van der Waals surface area (Å²) in [6.07, 6.45) is 3.79. The van der Waals surface area contributed by atoms with E-state index in [2.05, 4.69) is 131 Å². The largest absolute Gasteiger partial charge is 2.00 e. The van der Waals surface area contributed by atoms with Crippen LogP contribution >= 0.6 is 31.5 Å². The van der Waals surface area contributed by atoms with Gasteiger partial charge in [0, 0.05) is 13.1 Å². The van der Waals surface area contributed by atoms with E-state index in [1.807, 2.05) is 0 Å². The molecule has 0 radical (unpaired) electrons. The molecule has 1 saturated heterocycles. The van der Waals surface area contributed by atoms with Crippen LogP contribution < -0.4 is 21.2 Å². The molecule has 1 fully saturated rings. The van der Waals surface area contributed by atoms with Gasteiger partial charge in [0.2, 0.25) is 0 Å². The van der Waals surface area contributed by atoms with Crippen molar-refractivity contribution >= 4 is 77.9 Å². The first-order valence-corrected chi connectivity index (χ1v) is 25.5. The predicted molar refractivity (Wildman–Crippen MR) is 220 cm³/mol. The maximum absolute atomic E-state index is 10.7. The van der Waals surface area contributed by atoms with Crippen LogP contribution in [0.3, 0.4) is 0 Å². The van der Waals surface area contributed by atoms with Crippen LogP contribution in [0.2, 0.25) is 0 Å². The summed E-state index contributed by atoms with van der Waals surface area (Å²) in [5.41, 5.74) is 0. The van der Waals surface area contributed by atoms with Crippen molar-refractivity contribution in [1.82, 2.24) is 9.80 Å². The third-order valence-corrected chi connectivity index (χ3v) is 14.1. The third-order valence-electron chi connectivity index (χ3n) is 7.61. The minimum atomic E-state index is -10.7. The average Bonchev–Trinajstić information content (AvgIpc) is 3.31. The van der Waals surface area contributed by atoms with E-state index in [0.29, 0.717) is 0 Å². The molecule has 0 N–H and O–H groups in total. The molecule has 2 nitrogen and oxygen atoms in total. The fourth-order valence-electron chi connectivity index (χ4n) is 5.45. The second kappa shape index (κ2) is 23.1. The molecule has 22 heteroatoms. The molecule has 0 atom stereocenters. The summed E-state index contributed by atoms with van der Waals surface area (Å²) in [6, 6.07) is 44.5. The maximum Gasteiger partial charge on any atom is 2.00 e. The monoisotopic (exact) mass is 1070 g/mol. The van der Waals surface area contributed by atoms with Crippen LogP contribution in [-0.2, 0) is 62.2 Å². The number of hydrogen-bond acceptors (Lipinski definition) is 4. The van der Waals surface area contributed by atoms with Crippen molar-refractivity contribution in [3.05, 3.63) is 121 Å². The van der Waals surface area contributed by atoms with Crippen LogP contribution in [0.25, 0.3) is 0 Å². The molecule has 1 aliphatic heterocycles. The van der Waals surface area contributed by atoms with Gasteiger partial charge in [0.25, 0.3) is 0 Å². The first-order valence-electron chi connectivity index (χ1n) is 16.9. The molecule has 1 heterocycles. The van der Waals surface area contributed by atoms with Gasteiger partial charge in [-0.1, -0.05) is 72.8 Å². The van der Waals surface area contributed by atoms with E-state index < -0.39 is 31.5 Å². The van der Waals surface area contributed by atoms with Crippen LogP contribution in [0.4, 0.5) is 50.4 Å². The molecule has 0 unspecified atom stereocenters. The fourth-order valence-corrected chi connectivity index (χ4v) is 12.2. The van der Waals surface area contributed by atoms with Crippen molar-refractivity contribution in [3.63, 3.8) is 0 Å². The summed E-state index contributed by atoms with van der Waals surface area (Å²) in [4.78, 5) is 4.94. The van der Waals surface area contributed by atoms with Crippen LogP contribution in [0, 0.1) is 0 Å². The molecule has 1 aliphatic rings. The molecule has 0 aromatic heterocycles. The Labute approximate surface area is 363 Å². The Morgan fingerprint density at radius 2 is 0.632 bits per heavy atom. The Morgan fingerprint density at radius 3 is 0.825 bits per heavy atom. The van der Waals surface area contributed by atoms with Gasteiger partial charge in [-0.25, -0.2) is 0 Å². The molecule has 0 bridgehead atoms. The normalized spacial score (nSPS) is 16.1. The van der Waals surface area contributed by atoms with Crippen molar-refractivity contribution in [2.45, 2.75) is 6.42 Å². The van der Waals surface area contributed by atoms with E-state index in [9.17, 15) is 50.4 Å². The van der Waals surface area contributed by atoms with Gasteiger partial charge >= 0.3 is 103 Å². The van der Waals surface area contributed by atoms with Crippen LogP contribution in [0.5, 0.6) is 0 Å². The molecule has 0 aliphatic carbocycles. The summed E-state index contributed by atoms with van der Waals surface area (Å²) in [6.45, 7) is 6.93. The molecule has 0 saturated carbocycles. The molecule has 4 aromatic carbocycles. The van der Waals surface area contributed by atoms with Crippen molar-refractivity contribution in [2.75, 3.05) is 63.1 Å². The Bertz CT molecular complexity index is 1450. The minimum Gasteiger partial charge on any atom is -0.791 e. The Kier molecular flexibility index (Phi) is 22.9. The van der Waals surface area contributed by atoms with Gasteiger partial charge in [-0.15, -0.1) is 0 Å². The molecular weight excluding hydrogens is 1030 g/mol. The van der Waals surface area contributed by atoms with Gasteiger partial charge in [0.1, 0.15) is 12.3 Å². The third kappa shape index (κ3) is 32.9. The zero-order chi connectivity index (χ0) is 41.4. The van der Waals surface area contributed by atoms with Crippen molar-refractivity contribution in [2.24, 2.45) is 0 Å². The Hall–Kier alpha value is -0.464. The average molecular weight is 1070 g/mol. The van der Waals surface area contributed by atoms with Crippen molar-refractivity contribution in [3.8, 4) is 0 Å². The number of rotatable bonds is 11. The van der Waals surface area contributed by atoms with Gasteiger partial charge in [0.05, 0.1) is 37.1 Å². The maximum atomic E-state index is 9.87. The van der Waals surface area contributed by atoms with Gasteiger partial charge in [-0.2, -0.15) is 11.5 Å². The summed E-state index contributed by atoms with van der Waals surface area (Å²) in [5, 5.41) is 6.06. The zero-order valence-electron chi connectivity index (χ0n) is 30.1. The van der Waals surface area contributed by atoms with E-state index in [0.717, 1.165) is 24.6 Å². The fraction of sp³-hybridized carbons (Fsp3) is 0.314. The van der Waals surface area contributed by atoms with E-state index in [1.54, 1.807) is 0 Å². The molecule has 0 amide bonds. The zero-order valence-corrected chi connectivity index (χ0v) is 38.1. The minimum absolute atomic E-state index is 0. The smallest absolute Gasteiger partial charge is 0.791 e. The number of halogens is 12. The van der Waals surface area contributed by atoms with Gasteiger partial charge < -0.3 is 35.1 Å². The van der Waals surface area contributed by atoms with E-state index in [4.69, 9.17) is 25.3 Å². The first kappa shape index (κ1) is 56.5. The van der Waals surface area contributed by atoms with Crippen LogP contribution in [0.15, 0.2) is 121 Å². The first-order chi connectivity index (χ1) is 25.2. The van der Waals surface area contributed by atoms with E-state index >= 15 is 0 Å². The van der Waals surface area contributed by atoms with E-state index in [-0.39, 0.29) is 36.9 Å². The van der Waals surface area contributed by atoms with Gasteiger partial charge in [-0.05, 0) is 81.1 Å². The second-order valence-electron chi connectivity index (χ2n) is 12.3. The second-order valence-corrected chi connectivity index (χ2v) is 22.2. The van der Waals surface area contributed by atoms with Gasteiger partial charge in [-0.3, -0.25) is 0 Å². The number of nitrogens with zero attached hydrogens (tertiary/aromatic N) is 2. The molecular formula is C35H44F12N2NiP4PdS2+2. The number of hydrogen-bond donors (Lipinski definition) is 0. The van der Waals surface area contributed by atoms with Crippen LogP contribution in [0.1, 0.15) is 6.42 Å². The van der Waals surface area contributed by atoms with Crippen molar-refractivity contribution < 1.29 is 87.3 Å². The van der Waals surface area contributed by atoms with Crippen molar-refractivity contribution in [1.29, 1.82) is 0 Å². The van der Waals surface area contributed by atoms with Gasteiger partial charge in [0.15, 0.2) is 0 Å². The Balaban J connectivity index is 0.000000898. The molecule has 5 rings (SSSR count). The summed E-state index contributed by atoms with van der Waals surface area (Å²) in [5.74, 6) is 1.72. The summed E-state index contributed by atoms with van der Waals surface area (Å²) < 4.78 is 118. The summed E-state index contributed by atoms with van der Waals surface area (Å²) >= 11 is 9.97. The SMILES string of the molecule is F[P-](F)(F)(F)(F)F.F[P-](F)(F)(F)(F)F.[Ni+2].[Pd+2].[S-]CCN1CCCN(CC[S-])CC1.c1ccc([PH+](CC[PH+](c2ccccc2)c2ccccc2)c2ccccc2)cc1. The van der Waals surface area contributed by atoms with E-state index in [1.165, 1.54) is 66.1 Å². The van der Waals surface area contributed by atoms with Crippen LogP contribution in [-0.4, -0.2) is 72.9 Å². The topological polar surface area (TPSA) is 6.48 Å². The predicted octanol–water partition coefficient (Wildman–Crippen LogP) is 11.6. The molecule has 57 heavy (non-hydrogen) atoms. The molecule has 328 valence electrons. The molecule has 0 spiro atoms.